The van der Waals surface area contributed by atoms with Crippen molar-refractivity contribution in [2.45, 2.75) is 92.1 Å². The summed E-state index contributed by atoms with van der Waals surface area (Å²) >= 11 is 0. The van der Waals surface area contributed by atoms with Gasteiger partial charge in [0.1, 0.15) is 0 Å². The van der Waals surface area contributed by atoms with Crippen LogP contribution in [0, 0.1) is 10.8 Å². The number of halogens is 1. The zero-order chi connectivity index (χ0) is 24.3. The van der Waals surface area contributed by atoms with Gasteiger partial charge in [0, 0.05) is 57.3 Å². The van der Waals surface area contributed by atoms with Crippen LogP contribution >= 0.6 is 12.4 Å². The van der Waals surface area contributed by atoms with Gasteiger partial charge in [0.05, 0.1) is 6.10 Å². The first-order valence-electron chi connectivity index (χ1n) is 14.2. The molecule has 3 fully saturated rings. The summed E-state index contributed by atoms with van der Waals surface area (Å²) in [6, 6.07) is 7.44. The third kappa shape index (κ3) is 7.29. The number of anilines is 2. The summed E-state index contributed by atoms with van der Waals surface area (Å²) in [4.78, 5) is 7.93. The average Bonchev–Trinajstić information content (AvgIpc) is 3.24. The fourth-order valence-electron chi connectivity index (χ4n) is 7.35. The van der Waals surface area contributed by atoms with Crippen molar-refractivity contribution in [3.8, 4) is 0 Å². The summed E-state index contributed by atoms with van der Waals surface area (Å²) in [7, 11) is 0. The summed E-state index contributed by atoms with van der Waals surface area (Å²) in [6.07, 6.45) is 8.06. The molecule has 2 aliphatic heterocycles. The summed E-state index contributed by atoms with van der Waals surface area (Å²) in [5, 5.41) is 0. The molecule has 1 aliphatic carbocycles. The fraction of sp³-hybridized carbons (Fsp3) is 0.800. The molecular formula is C30H52ClN3O. The minimum atomic E-state index is 0. The Labute approximate surface area is 222 Å². The smallest absolute Gasteiger partial charge is 0.0766 e. The van der Waals surface area contributed by atoms with Crippen LogP contribution in [0.5, 0.6) is 0 Å². The molecule has 2 heterocycles. The Morgan fingerprint density at radius 1 is 0.914 bits per heavy atom. The molecule has 0 amide bonds. The van der Waals surface area contributed by atoms with Crippen LogP contribution in [-0.2, 0) is 4.74 Å². The molecule has 0 N–H and O–H groups in total. The largest absolute Gasteiger partial charge is 0.377 e. The second-order valence-corrected chi connectivity index (χ2v) is 12.8. The maximum absolute atomic E-state index is 5.96. The van der Waals surface area contributed by atoms with Crippen molar-refractivity contribution in [1.29, 1.82) is 0 Å². The molecule has 1 atom stereocenters. The molecule has 1 unspecified atom stereocenters. The molecule has 0 radical (unpaired) electrons. The van der Waals surface area contributed by atoms with Crippen molar-refractivity contribution in [3.05, 3.63) is 23.8 Å². The monoisotopic (exact) mass is 505 g/mol. The van der Waals surface area contributed by atoms with Gasteiger partial charge in [-0.2, -0.15) is 0 Å². The minimum Gasteiger partial charge on any atom is -0.377 e. The molecule has 200 valence electrons. The van der Waals surface area contributed by atoms with Crippen LogP contribution in [0.3, 0.4) is 0 Å². The highest BCUT2D eigenvalue weighted by Crippen LogP contribution is 2.53. The molecule has 0 aromatic heterocycles. The van der Waals surface area contributed by atoms with Crippen molar-refractivity contribution < 1.29 is 4.74 Å². The predicted octanol–water partition coefficient (Wildman–Crippen LogP) is 6.97. The third-order valence-corrected chi connectivity index (χ3v) is 8.46. The van der Waals surface area contributed by atoms with E-state index in [0.717, 1.165) is 39.2 Å². The van der Waals surface area contributed by atoms with Gasteiger partial charge in [0.25, 0.3) is 0 Å². The number of unbranched alkanes of at least 4 members (excludes halogenated alkanes) is 1. The molecule has 4 rings (SSSR count). The van der Waals surface area contributed by atoms with E-state index < -0.39 is 0 Å². The van der Waals surface area contributed by atoms with Crippen LogP contribution in [-0.4, -0.2) is 63.4 Å². The van der Waals surface area contributed by atoms with Crippen LogP contribution < -0.4 is 9.80 Å². The first kappa shape index (κ1) is 28.6. The van der Waals surface area contributed by atoms with Crippen molar-refractivity contribution >= 4 is 23.8 Å². The fourth-order valence-corrected chi connectivity index (χ4v) is 7.35. The van der Waals surface area contributed by atoms with E-state index in [2.05, 4.69) is 74.4 Å². The Bertz CT molecular complexity index is 787. The maximum Gasteiger partial charge on any atom is 0.0766 e. The number of hydrogen-bond acceptors (Lipinski definition) is 4. The number of benzene rings is 1. The van der Waals surface area contributed by atoms with Gasteiger partial charge in [-0.3, -0.25) is 4.90 Å². The highest BCUT2D eigenvalue weighted by atomic mass is 35.5. The van der Waals surface area contributed by atoms with Crippen LogP contribution in [0.2, 0.25) is 0 Å². The number of nitrogens with zero attached hydrogens (tertiary/aromatic N) is 3. The van der Waals surface area contributed by atoms with E-state index >= 15 is 0 Å². The minimum absolute atomic E-state index is 0. The molecule has 3 aliphatic rings. The van der Waals surface area contributed by atoms with Gasteiger partial charge in [0.15, 0.2) is 0 Å². The summed E-state index contributed by atoms with van der Waals surface area (Å²) < 4.78 is 5.96. The standard InChI is InChI=1S/C30H51N3O.ClH/c1-7-9-13-31-15-17-32(18-16-31)28-11-10-25(33-14-12-26(22-33)34-8-2)19-27(28)24-20-29(3,4)23-30(5,6)21-24;/h10-11,19,24,26H,7-9,12-18,20-23H2,1-6H3;1H. The van der Waals surface area contributed by atoms with Gasteiger partial charge in [0.2, 0.25) is 0 Å². The van der Waals surface area contributed by atoms with Crippen molar-refractivity contribution in [2.24, 2.45) is 10.8 Å². The average molecular weight is 506 g/mol. The van der Waals surface area contributed by atoms with Crippen molar-refractivity contribution in [3.63, 3.8) is 0 Å². The lowest BCUT2D eigenvalue weighted by molar-refractivity contribution is 0.0787. The van der Waals surface area contributed by atoms with Gasteiger partial charge >= 0.3 is 0 Å². The first-order chi connectivity index (χ1) is 16.2. The van der Waals surface area contributed by atoms with E-state index in [1.54, 1.807) is 5.56 Å². The normalized spacial score (nSPS) is 25.0. The van der Waals surface area contributed by atoms with Crippen molar-refractivity contribution in [1.82, 2.24) is 4.90 Å². The highest BCUT2D eigenvalue weighted by Gasteiger charge is 2.40. The molecule has 2 saturated heterocycles. The Morgan fingerprint density at radius 3 is 2.23 bits per heavy atom. The lowest BCUT2D eigenvalue weighted by Gasteiger charge is -2.46. The number of rotatable bonds is 8. The molecule has 0 bridgehead atoms. The van der Waals surface area contributed by atoms with Crippen LogP contribution in [0.25, 0.3) is 0 Å². The third-order valence-electron chi connectivity index (χ3n) is 8.46. The quantitative estimate of drug-likeness (QED) is 0.379. The number of piperazine rings is 1. The van der Waals surface area contributed by atoms with Crippen LogP contribution in [0.4, 0.5) is 11.4 Å². The molecule has 1 aromatic carbocycles. The van der Waals surface area contributed by atoms with E-state index in [4.69, 9.17) is 4.74 Å². The highest BCUT2D eigenvalue weighted by molar-refractivity contribution is 5.85. The van der Waals surface area contributed by atoms with Gasteiger partial charge in [-0.15, -0.1) is 12.4 Å². The zero-order valence-electron chi connectivity index (χ0n) is 23.4. The van der Waals surface area contributed by atoms with Crippen molar-refractivity contribution in [2.75, 3.05) is 62.2 Å². The first-order valence-corrected chi connectivity index (χ1v) is 14.2. The summed E-state index contributed by atoms with van der Waals surface area (Å²) in [5.41, 5.74) is 5.32. The maximum atomic E-state index is 5.96. The van der Waals surface area contributed by atoms with Gasteiger partial charge in [-0.25, -0.2) is 0 Å². The Balaban J connectivity index is 0.00000342. The van der Waals surface area contributed by atoms with E-state index in [-0.39, 0.29) is 12.4 Å². The lowest BCUT2D eigenvalue weighted by Crippen LogP contribution is -2.47. The molecule has 35 heavy (non-hydrogen) atoms. The molecule has 1 saturated carbocycles. The number of hydrogen-bond donors (Lipinski definition) is 0. The topological polar surface area (TPSA) is 19.0 Å². The summed E-state index contributed by atoms with van der Waals surface area (Å²) in [6.45, 7) is 23.3. The van der Waals surface area contributed by atoms with E-state index in [1.807, 2.05) is 0 Å². The zero-order valence-corrected chi connectivity index (χ0v) is 24.3. The van der Waals surface area contributed by atoms with E-state index in [9.17, 15) is 0 Å². The van der Waals surface area contributed by atoms with E-state index in [0.29, 0.717) is 22.9 Å². The Morgan fingerprint density at radius 2 is 1.60 bits per heavy atom. The second-order valence-electron chi connectivity index (χ2n) is 12.8. The van der Waals surface area contributed by atoms with E-state index in [1.165, 1.54) is 63.1 Å². The predicted molar refractivity (Wildman–Crippen MR) is 154 cm³/mol. The van der Waals surface area contributed by atoms with Crippen LogP contribution in [0.1, 0.15) is 91.5 Å². The molecular weight excluding hydrogens is 454 g/mol. The van der Waals surface area contributed by atoms with Crippen LogP contribution in [0.15, 0.2) is 18.2 Å². The van der Waals surface area contributed by atoms with Gasteiger partial charge in [-0.05, 0) is 86.1 Å². The molecule has 1 aromatic rings. The second kappa shape index (κ2) is 12.0. The lowest BCUT2D eigenvalue weighted by atomic mass is 9.60. The molecule has 0 spiro atoms. The molecule has 5 heteroatoms. The number of ether oxygens (including phenoxy) is 1. The Hall–Kier alpha value is -0.970. The summed E-state index contributed by atoms with van der Waals surface area (Å²) in [5.74, 6) is 0.636. The molecule has 4 nitrogen and oxygen atoms in total. The van der Waals surface area contributed by atoms with Gasteiger partial charge < -0.3 is 14.5 Å². The Kier molecular flexibility index (Phi) is 9.85. The SMILES string of the molecule is CCCCN1CCN(c2ccc(N3CCC(OCC)C3)cc2C2CC(C)(C)CC(C)(C)C2)CC1.Cl. The van der Waals surface area contributed by atoms with Gasteiger partial charge in [-0.1, -0.05) is 41.0 Å².